The lowest BCUT2D eigenvalue weighted by molar-refractivity contribution is -0.125. The van der Waals surface area contributed by atoms with E-state index in [2.05, 4.69) is 0 Å². The zero-order chi connectivity index (χ0) is 17.8. The Morgan fingerprint density at radius 3 is 2.39 bits per heavy atom. The summed E-state index contributed by atoms with van der Waals surface area (Å²) in [5, 5.41) is 17.2. The van der Waals surface area contributed by atoms with Gasteiger partial charge in [0.25, 0.3) is 6.47 Å². The fourth-order valence-electron chi connectivity index (χ4n) is 2.67. The second-order valence-corrected chi connectivity index (χ2v) is 6.01. The van der Waals surface area contributed by atoms with Crippen molar-refractivity contribution in [2.45, 2.75) is 46.0 Å². The molecule has 0 saturated carbocycles. The fourth-order valence-corrected chi connectivity index (χ4v) is 2.67. The first-order chi connectivity index (χ1) is 10.7. The second-order valence-electron chi connectivity index (χ2n) is 6.01. The molecule has 23 heavy (non-hydrogen) atoms. The van der Waals surface area contributed by atoms with Crippen LogP contribution in [0, 0.1) is 6.92 Å². The van der Waals surface area contributed by atoms with Gasteiger partial charge < -0.3 is 10.2 Å². The Balaban J connectivity index is 0.000000816. The van der Waals surface area contributed by atoms with Gasteiger partial charge in [-0.1, -0.05) is 30.7 Å². The number of carboxylic acid groups (broad SMARTS) is 1. The van der Waals surface area contributed by atoms with Gasteiger partial charge in [-0.05, 0) is 32.8 Å². The molecule has 5 heteroatoms. The van der Waals surface area contributed by atoms with Crippen LogP contribution in [-0.2, 0) is 19.8 Å². The van der Waals surface area contributed by atoms with Crippen molar-refractivity contribution >= 4 is 23.8 Å². The number of aliphatic hydroxyl groups is 1. The number of hydrogen-bond acceptors (Lipinski definition) is 4. The normalized spacial score (nSPS) is 15.4. The van der Waals surface area contributed by atoms with Crippen molar-refractivity contribution < 1.29 is 24.6 Å². The molecule has 1 aromatic carbocycles. The summed E-state index contributed by atoms with van der Waals surface area (Å²) in [6.07, 6.45) is 0.937. The highest BCUT2D eigenvalue weighted by atomic mass is 16.3. The third-order valence-corrected chi connectivity index (χ3v) is 3.89. The van der Waals surface area contributed by atoms with Crippen LogP contribution in [-0.4, -0.2) is 28.3 Å². The molecular weight excluding hydrogens is 296 g/mol. The minimum absolute atomic E-state index is 0.0341. The van der Waals surface area contributed by atoms with Crippen molar-refractivity contribution in [1.82, 2.24) is 0 Å². The highest BCUT2D eigenvalue weighted by Crippen LogP contribution is 2.40. The zero-order valence-electron chi connectivity index (χ0n) is 13.8. The predicted molar refractivity (Wildman–Crippen MR) is 87.4 cm³/mol. The molecule has 0 aromatic heterocycles. The molecule has 2 N–H and O–H groups in total. The quantitative estimate of drug-likeness (QED) is 0.659. The molecule has 0 aliphatic heterocycles. The van der Waals surface area contributed by atoms with Crippen molar-refractivity contribution in [2.75, 3.05) is 0 Å². The molecule has 5 nitrogen and oxygen atoms in total. The average molecular weight is 318 g/mol. The fraction of sp³-hybridized carbons (Fsp3) is 0.389. The van der Waals surface area contributed by atoms with Crippen molar-refractivity contribution in [1.29, 1.82) is 0 Å². The van der Waals surface area contributed by atoms with Crippen LogP contribution in [0.4, 0.5) is 0 Å². The molecule has 1 aliphatic carbocycles. The molecule has 0 bridgehead atoms. The Hall–Kier alpha value is -2.43. The van der Waals surface area contributed by atoms with Gasteiger partial charge in [0.1, 0.15) is 11.3 Å². The number of carbonyl (C=O) groups is 3. The van der Waals surface area contributed by atoms with E-state index in [1.165, 1.54) is 0 Å². The number of Topliss-reactive ketones (excluding diaryl/α,β-unsaturated/α-hetero) is 2. The Kier molecular flexibility index (Phi) is 5.85. The molecule has 0 atom stereocenters. The number of aryl methyl sites for hydroxylation is 1. The molecule has 0 amide bonds. The minimum atomic E-state index is -0.785. The molecule has 1 aliphatic rings. The van der Waals surface area contributed by atoms with Crippen LogP contribution >= 0.6 is 0 Å². The van der Waals surface area contributed by atoms with Gasteiger partial charge in [0, 0.05) is 12.0 Å². The van der Waals surface area contributed by atoms with Gasteiger partial charge in [-0.3, -0.25) is 14.4 Å². The van der Waals surface area contributed by atoms with Crippen molar-refractivity contribution in [2.24, 2.45) is 0 Å². The molecule has 0 fully saturated rings. The highest BCUT2D eigenvalue weighted by molar-refractivity contribution is 6.28. The van der Waals surface area contributed by atoms with Gasteiger partial charge in [-0.2, -0.15) is 0 Å². The molecule has 0 saturated heterocycles. The molecule has 124 valence electrons. The topological polar surface area (TPSA) is 91.7 Å². The highest BCUT2D eigenvalue weighted by Gasteiger charge is 2.42. The van der Waals surface area contributed by atoms with Gasteiger partial charge in [-0.25, -0.2) is 0 Å². The lowest BCUT2D eigenvalue weighted by Gasteiger charge is -2.32. The van der Waals surface area contributed by atoms with Gasteiger partial charge in [0.05, 0.1) is 5.41 Å². The summed E-state index contributed by atoms with van der Waals surface area (Å²) in [4.78, 5) is 33.1. The first kappa shape index (κ1) is 18.6. The number of hydrogen-bond donors (Lipinski definition) is 2. The molecule has 0 spiro atoms. The Labute approximate surface area is 135 Å². The maximum Gasteiger partial charge on any atom is 0.290 e. The average Bonchev–Trinajstić information content (AvgIpc) is 2.47. The number of fused-ring (bicyclic) bond motifs is 1. The number of carbonyl (C=O) groups excluding carboxylic acids is 2. The van der Waals surface area contributed by atoms with Gasteiger partial charge in [-0.15, -0.1) is 0 Å². The van der Waals surface area contributed by atoms with Crippen LogP contribution < -0.4 is 0 Å². The predicted octanol–water partition coefficient (Wildman–Crippen LogP) is 3.19. The van der Waals surface area contributed by atoms with E-state index in [9.17, 15) is 14.7 Å². The van der Waals surface area contributed by atoms with Crippen molar-refractivity contribution in [3.05, 3.63) is 40.5 Å². The van der Waals surface area contributed by atoms with Crippen LogP contribution in [0.5, 0.6) is 0 Å². The van der Waals surface area contributed by atoms with Gasteiger partial charge in [0.15, 0.2) is 11.6 Å². The minimum Gasteiger partial charge on any atom is -0.506 e. The van der Waals surface area contributed by atoms with E-state index >= 15 is 0 Å². The van der Waals surface area contributed by atoms with E-state index in [1.807, 2.05) is 26.0 Å². The summed E-state index contributed by atoms with van der Waals surface area (Å²) in [5.74, 6) is -0.719. The lowest BCUT2D eigenvalue weighted by atomic mass is 9.69. The number of ketones is 2. The monoisotopic (exact) mass is 318 g/mol. The summed E-state index contributed by atoms with van der Waals surface area (Å²) in [6.45, 7) is 7.18. The summed E-state index contributed by atoms with van der Waals surface area (Å²) in [6, 6.07) is 5.57. The van der Waals surface area contributed by atoms with Crippen molar-refractivity contribution in [3.8, 4) is 0 Å². The number of aliphatic hydroxyl groups excluding tert-OH is 1. The molecule has 0 heterocycles. The molecule has 0 radical (unpaired) electrons. The first-order valence-electron chi connectivity index (χ1n) is 7.42. The third-order valence-electron chi connectivity index (χ3n) is 3.89. The Bertz CT molecular complexity index is 668. The summed E-state index contributed by atoms with van der Waals surface area (Å²) >= 11 is 0. The summed E-state index contributed by atoms with van der Waals surface area (Å²) < 4.78 is 0. The first-order valence-corrected chi connectivity index (χ1v) is 7.42. The summed E-state index contributed by atoms with van der Waals surface area (Å²) in [5.41, 5.74) is 1.59. The summed E-state index contributed by atoms with van der Waals surface area (Å²) in [7, 11) is 0. The standard InChI is InChI=1S/C17H20O3.CH2O2/c1-5-6-13(18)14-15(19)11-8-7-10(2)9-12(11)17(3,4)16(14)20;2-1-3/h7-9,19H,5-6H2,1-4H3;1H,(H,2,3). The number of rotatable bonds is 3. The second kappa shape index (κ2) is 7.22. The molecule has 1 aromatic rings. The largest absolute Gasteiger partial charge is 0.506 e. The van der Waals surface area contributed by atoms with Crippen LogP contribution in [0.25, 0.3) is 5.76 Å². The maximum absolute atomic E-state index is 12.6. The molecule has 2 rings (SSSR count). The third kappa shape index (κ3) is 3.50. The molecule has 0 unspecified atom stereocenters. The smallest absolute Gasteiger partial charge is 0.290 e. The lowest BCUT2D eigenvalue weighted by Crippen LogP contribution is -2.37. The number of benzene rings is 1. The van der Waals surface area contributed by atoms with E-state index < -0.39 is 5.41 Å². The van der Waals surface area contributed by atoms with E-state index in [0.717, 1.165) is 11.1 Å². The van der Waals surface area contributed by atoms with E-state index in [1.54, 1.807) is 19.9 Å². The van der Waals surface area contributed by atoms with Gasteiger partial charge >= 0.3 is 0 Å². The van der Waals surface area contributed by atoms with Crippen LogP contribution in [0.2, 0.25) is 0 Å². The van der Waals surface area contributed by atoms with Crippen molar-refractivity contribution in [3.63, 3.8) is 0 Å². The Morgan fingerprint density at radius 1 is 1.30 bits per heavy atom. The van der Waals surface area contributed by atoms with Crippen LogP contribution in [0.15, 0.2) is 23.8 Å². The van der Waals surface area contributed by atoms with Gasteiger partial charge in [0.2, 0.25) is 0 Å². The van der Waals surface area contributed by atoms with E-state index in [-0.39, 0.29) is 35.8 Å². The zero-order valence-corrected chi connectivity index (χ0v) is 13.8. The van der Waals surface area contributed by atoms with E-state index in [0.29, 0.717) is 12.0 Å². The maximum atomic E-state index is 12.6. The number of allylic oxidation sites excluding steroid dienone is 1. The SMILES string of the molecule is CCCC(=O)C1=C(O)c2ccc(C)cc2C(C)(C)C1=O.O=CO. The van der Waals surface area contributed by atoms with Crippen LogP contribution in [0.3, 0.4) is 0 Å². The van der Waals surface area contributed by atoms with E-state index in [4.69, 9.17) is 9.90 Å². The van der Waals surface area contributed by atoms with Crippen LogP contribution in [0.1, 0.15) is 50.3 Å². The Morgan fingerprint density at radius 2 is 1.87 bits per heavy atom. The molecular formula is C18H22O5.